The highest BCUT2D eigenvalue weighted by Crippen LogP contribution is 2.32. The summed E-state index contributed by atoms with van der Waals surface area (Å²) in [6.45, 7) is 3.66. The highest BCUT2D eigenvalue weighted by molar-refractivity contribution is 6.02. The van der Waals surface area contributed by atoms with E-state index in [0.717, 1.165) is 18.2 Å². The molecule has 0 fully saturated rings. The van der Waals surface area contributed by atoms with Gasteiger partial charge in [-0.2, -0.15) is 13.2 Å². The molecule has 100 valence electrons. The van der Waals surface area contributed by atoms with Crippen molar-refractivity contribution < 1.29 is 18.0 Å². The Morgan fingerprint density at radius 2 is 1.83 bits per heavy atom. The molecular weight excluding hydrogens is 243 g/mol. The van der Waals surface area contributed by atoms with Crippen LogP contribution in [0.4, 0.5) is 18.9 Å². The van der Waals surface area contributed by atoms with E-state index in [-0.39, 0.29) is 23.0 Å². The van der Waals surface area contributed by atoms with Crippen molar-refractivity contribution in [3.05, 3.63) is 29.3 Å². The van der Waals surface area contributed by atoms with Gasteiger partial charge in [-0.05, 0) is 31.0 Å². The Hall–Kier alpha value is -1.52. The summed E-state index contributed by atoms with van der Waals surface area (Å²) >= 11 is 0. The van der Waals surface area contributed by atoms with Gasteiger partial charge in [0, 0.05) is 17.2 Å². The number of nitrogens with two attached hydrogens (primary N) is 1. The first-order valence-electron chi connectivity index (χ1n) is 5.82. The molecule has 0 saturated heterocycles. The van der Waals surface area contributed by atoms with Crippen LogP contribution in [-0.4, -0.2) is 5.78 Å². The number of carbonyl (C=O) groups excluding carboxylic acids is 1. The third-order valence-corrected chi connectivity index (χ3v) is 3.00. The number of ketones is 1. The molecule has 0 aliphatic rings. The number of halogens is 3. The molecule has 0 radical (unpaired) electrons. The van der Waals surface area contributed by atoms with Gasteiger partial charge in [0.05, 0.1) is 5.56 Å². The molecule has 0 aliphatic carbocycles. The van der Waals surface area contributed by atoms with Crippen molar-refractivity contribution in [3.8, 4) is 0 Å². The lowest BCUT2D eigenvalue weighted by Gasteiger charge is -2.15. The van der Waals surface area contributed by atoms with Crippen LogP contribution in [0.25, 0.3) is 0 Å². The number of anilines is 1. The number of rotatable bonds is 4. The number of hydrogen-bond donors (Lipinski definition) is 1. The number of benzene rings is 1. The number of carbonyl (C=O) groups is 1. The monoisotopic (exact) mass is 259 g/mol. The second kappa shape index (κ2) is 5.42. The van der Waals surface area contributed by atoms with Gasteiger partial charge in [0.2, 0.25) is 0 Å². The molecule has 0 aromatic heterocycles. The average Bonchev–Trinajstić information content (AvgIpc) is 2.29. The zero-order chi connectivity index (χ0) is 13.9. The second-order valence-electron chi connectivity index (χ2n) is 4.18. The minimum atomic E-state index is -4.46. The Bertz CT molecular complexity index is 436. The van der Waals surface area contributed by atoms with Crippen molar-refractivity contribution in [2.45, 2.75) is 32.9 Å². The highest BCUT2D eigenvalue weighted by atomic mass is 19.4. The van der Waals surface area contributed by atoms with Gasteiger partial charge in [0.1, 0.15) is 0 Å². The normalized spacial score (nSPS) is 11.9. The highest BCUT2D eigenvalue weighted by Gasteiger charge is 2.32. The fourth-order valence-corrected chi connectivity index (χ4v) is 1.83. The van der Waals surface area contributed by atoms with Crippen LogP contribution in [0.3, 0.4) is 0 Å². The van der Waals surface area contributed by atoms with Crippen molar-refractivity contribution in [1.29, 1.82) is 0 Å². The van der Waals surface area contributed by atoms with Crippen molar-refractivity contribution >= 4 is 11.5 Å². The Kier molecular flexibility index (Phi) is 4.38. The summed E-state index contributed by atoms with van der Waals surface area (Å²) in [6, 6.07) is 2.87. The van der Waals surface area contributed by atoms with Crippen LogP contribution in [-0.2, 0) is 6.18 Å². The Morgan fingerprint density at radius 3 is 2.28 bits per heavy atom. The molecule has 18 heavy (non-hydrogen) atoms. The molecule has 0 spiro atoms. The molecule has 0 aliphatic heterocycles. The summed E-state index contributed by atoms with van der Waals surface area (Å²) < 4.78 is 37.7. The molecule has 2 N–H and O–H groups in total. The van der Waals surface area contributed by atoms with E-state index in [4.69, 9.17) is 5.73 Å². The summed E-state index contributed by atoms with van der Waals surface area (Å²) in [5.41, 5.74) is 4.82. The van der Waals surface area contributed by atoms with Gasteiger partial charge in [-0.3, -0.25) is 4.79 Å². The maximum absolute atomic E-state index is 12.6. The summed E-state index contributed by atoms with van der Waals surface area (Å²) in [4.78, 5) is 12.1. The third-order valence-electron chi connectivity index (χ3n) is 3.00. The van der Waals surface area contributed by atoms with Crippen LogP contribution in [0.15, 0.2) is 18.2 Å². The first kappa shape index (κ1) is 14.5. The van der Waals surface area contributed by atoms with E-state index in [1.54, 1.807) is 0 Å². The molecule has 1 aromatic rings. The predicted octanol–water partition coefficient (Wildman–Crippen LogP) is 3.91. The molecule has 1 aromatic carbocycles. The molecule has 0 amide bonds. The van der Waals surface area contributed by atoms with Crippen LogP contribution in [0.5, 0.6) is 0 Å². The first-order valence-corrected chi connectivity index (χ1v) is 5.82. The SMILES string of the molecule is CCC(CC)C(=O)c1cc(C(F)(F)F)ccc1N. The molecule has 0 heterocycles. The Balaban J connectivity index is 3.19. The van der Waals surface area contributed by atoms with Gasteiger partial charge >= 0.3 is 6.18 Å². The quantitative estimate of drug-likeness (QED) is 0.658. The molecule has 1 rings (SSSR count). The molecule has 5 heteroatoms. The van der Waals surface area contributed by atoms with Gasteiger partial charge in [-0.1, -0.05) is 13.8 Å². The second-order valence-corrected chi connectivity index (χ2v) is 4.18. The van der Waals surface area contributed by atoms with E-state index in [9.17, 15) is 18.0 Å². The lowest BCUT2D eigenvalue weighted by atomic mass is 9.91. The van der Waals surface area contributed by atoms with Gasteiger partial charge < -0.3 is 5.73 Å². The van der Waals surface area contributed by atoms with E-state index >= 15 is 0 Å². The van der Waals surface area contributed by atoms with Crippen LogP contribution >= 0.6 is 0 Å². The van der Waals surface area contributed by atoms with Gasteiger partial charge in [-0.15, -0.1) is 0 Å². The van der Waals surface area contributed by atoms with E-state index in [1.165, 1.54) is 0 Å². The number of alkyl halides is 3. The summed E-state index contributed by atoms with van der Waals surface area (Å²) in [5, 5.41) is 0. The van der Waals surface area contributed by atoms with Crippen LogP contribution in [0.1, 0.15) is 42.6 Å². The van der Waals surface area contributed by atoms with E-state index in [1.807, 2.05) is 13.8 Å². The van der Waals surface area contributed by atoms with E-state index in [2.05, 4.69) is 0 Å². The summed E-state index contributed by atoms with van der Waals surface area (Å²) in [7, 11) is 0. The van der Waals surface area contributed by atoms with Crippen molar-refractivity contribution in [1.82, 2.24) is 0 Å². The minimum absolute atomic E-state index is 0.0291. The van der Waals surface area contributed by atoms with Crippen molar-refractivity contribution in [3.63, 3.8) is 0 Å². The number of nitrogen functional groups attached to an aromatic ring is 1. The fourth-order valence-electron chi connectivity index (χ4n) is 1.83. The van der Waals surface area contributed by atoms with Gasteiger partial charge in [0.25, 0.3) is 0 Å². The topological polar surface area (TPSA) is 43.1 Å². The predicted molar refractivity (Wildman–Crippen MR) is 64.3 cm³/mol. The van der Waals surface area contributed by atoms with Gasteiger partial charge in [-0.25, -0.2) is 0 Å². The molecule has 0 unspecified atom stereocenters. The van der Waals surface area contributed by atoms with E-state index in [0.29, 0.717) is 12.8 Å². The maximum Gasteiger partial charge on any atom is 0.416 e. The van der Waals surface area contributed by atoms with Crippen molar-refractivity contribution in [2.24, 2.45) is 5.92 Å². The molecule has 2 nitrogen and oxygen atoms in total. The van der Waals surface area contributed by atoms with Crippen LogP contribution < -0.4 is 5.73 Å². The lowest BCUT2D eigenvalue weighted by molar-refractivity contribution is -0.137. The fraction of sp³-hybridized carbons (Fsp3) is 0.462. The third kappa shape index (κ3) is 3.03. The van der Waals surface area contributed by atoms with Gasteiger partial charge in [0.15, 0.2) is 5.78 Å². The standard InChI is InChI=1S/C13H16F3NO/c1-3-8(4-2)12(18)10-7-9(13(14,15)16)5-6-11(10)17/h5-8H,3-4,17H2,1-2H3. The number of Topliss-reactive ketones (excluding diaryl/α,β-unsaturated/α-hetero) is 1. The van der Waals surface area contributed by atoms with Crippen LogP contribution in [0.2, 0.25) is 0 Å². The zero-order valence-corrected chi connectivity index (χ0v) is 10.3. The number of hydrogen-bond acceptors (Lipinski definition) is 2. The summed E-state index contributed by atoms with van der Waals surface area (Å²) in [6.07, 6.45) is -3.29. The first-order chi connectivity index (χ1) is 8.31. The summed E-state index contributed by atoms with van der Waals surface area (Å²) in [5.74, 6) is -0.598. The lowest BCUT2D eigenvalue weighted by Crippen LogP contribution is -2.16. The maximum atomic E-state index is 12.6. The molecule has 0 saturated carbocycles. The zero-order valence-electron chi connectivity index (χ0n) is 10.3. The molecule has 0 bridgehead atoms. The largest absolute Gasteiger partial charge is 0.416 e. The van der Waals surface area contributed by atoms with Crippen molar-refractivity contribution in [2.75, 3.05) is 5.73 Å². The molecule has 0 atom stereocenters. The Labute approximate surface area is 104 Å². The Morgan fingerprint density at radius 1 is 1.28 bits per heavy atom. The molecular formula is C13H16F3NO. The average molecular weight is 259 g/mol. The smallest absolute Gasteiger partial charge is 0.398 e. The van der Waals surface area contributed by atoms with Crippen LogP contribution in [0, 0.1) is 5.92 Å². The minimum Gasteiger partial charge on any atom is -0.398 e. The van der Waals surface area contributed by atoms with E-state index < -0.39 is 11.7 Å².